The second kappa shape index (κ2) is 5.35. The van der Waals surface area contributed by atoms with Gasteiger partial charge in [0.05, 0.1) is 10.7 Å². The van der Waals surface area contributed by atoms with Crippen molar-refractivity contribution in [2.75, 3.05) is 13.1 Å². The first kappa shape index (κ1) is 12.7. The van der Waals surface area contributed by atoms with Gasteiger partial charge in [-0.3, -0.25) is 4.90 Å². The van der Waals surface area contributed by atoms with E-state index in [4.69, 9.17) is 0 Å². The SMILES string of the molecule is Cc1nc(CN2CCc3ncnc(C)c3CC2)cs1. The third-order valence-corrected chi connectivity index (χ3v) is 4.47. The summed E-state index contributed by atoms with van der Waals surface area (Å²) in [4.78, 5) is 15.8. The molecular weight excluding hydrogens is 256 g/mol. The molecule has 0 aromatic carbocycles. The van der Waals surface area contributed by atoms with Crippen LogP contribution < -0.4 is 0 Å². The minimum atomic E-state index is 0.949. The van der Waals surface area contributed by atoms with Crippen molar-refractivity contribution in [1.82, 2.24) is 19.9 Å². The van der Waals surface area contributed by atoms with E-state index in [0.717, 1.165) is 43.2 Å². The van der Waals surface area contributed by atoms with Crippen LogP contribution in [0, 0.1) is 13.8 Å². The Labute approximate surface area is 117 Å². The van der Waals surface area contributed by atoms with E-state index in [1.165, 1.54) is 17.0 Å². The fourth-order valence-electron chi connectivity index (χ4n) is 2.60. The number of hydrogen-bond donors (Lipinski definition) is 0. The van der Waals surface area contributed by atoms with Gasteiger partial charge in [-0.15, -0.1) is 11.3 Å². The van der Waals surface area contributed by atoms with Gasteiger partial charge in [-0.05, 0) is 25.8 Å². The number of nitrogens with zero attached hydrogens (tertiary/aromatic N) is 4. The van der Waals surface area contributed by atoms with Gasteiger partial charge in [0.1, 0.15) is 6.33 Å². The van der Waals surface area contributed by atoms with Crippen LogP contribution in [0.2, 0.25) is 0 Å². The lowest BCUT2D eigenvalue weighted by Crippen LogP contribution is -2.26. The first-order valence-electron chi connectivity index (χ1n) is 6.65. The lowest BCUT2D eigenvalue weighted by Gasteiger charge is -2.18. The van der Waals surface area contributed by atoms with Gasteiger partial charge < -0.3 is 0 Å². The Morgan fingerprint density at radius 1 is 1.21 bits per heavy atom. The Morgan fingerprint density at radius 3 is 2.84 bits per heavy atom. The number of rotatable bonds is 2. The average Bonchev–Trinajstić information content (AvgIpc) is 2.68. The standard InChI is InChI=1S/C14H18N4S/c1-10-13-3-5-18(6-4-14(13)16-9-15-10)7-12-8-19-11(2)17-12/h8-9H,3-7H2,1-2H3. The molecule has 0 unspecified atom stereocenters. The Balaban J connectivity index is 1.71. The van der Waals surface area contributed by atoms with Crippen LogP contribution in [0.4, 0.5) is 0 Å². The van der Waals surface area contributed by atoms with Crippen molar-refractivity contribution in [2.24, 2.45) is 0 Å². The minimum Gasteiger partial charge on any atom is -0.297 e. The first-order chi connectivity index (χ1) is 9.22. The molecule has 0 N–H and O–H groups in total. The third-order valence-electron chi connectivity index (χ3n) is 3.65. The molecule has 5 heteroatoms. The van der Waals surface area contributed by atoms with Crippen LogP contribution in [0.5, 0.6) is 0 Å². The highest BCUT2D eigenvalue weighted by atomic mass is 32.1. The molecule has 100 valence electrons. The predicted molar refractivity (Wildman–Crippen MR) is 76.3 cm³/mol. The average molecular weight is 274 g/mol. The van der Waals surface area contributed by atoms with Gasteiger partial charge in [-0.2, -0.15) is 0 Å². The van der Waals surface area contributed by atoms with Gasteiger partial charge in [0.15, 0.2) is 0 Å². The molecule has 0 radical (unpaired) electrons. The molecule has 0 bridgehead atoms. The van der Waals surface area contributed by atoms with Crippen LogP contribution in [0.25, 0.3) is 0 Å². The van der Waals surface area contributed by atoms with Crippen molar-refractivity contribution in [3.63, 3.8) is 0 Å². The normalized spacial score (nSPS) is 16.1. The molecule has 0 spiro atoms. The fraction of sp³-hybridized carbons (Fsp3) is 0.500. The fourth-order valence-corrected chi connectivity index (χ4v) is 3.21. The summed E-state index contributed by atoms with van der Waals surface area (Å²) >= 11 is 1.73. The van der Waals surface area contributed by atoms with Crippen LogP contribution in [-0.4, -0.2) is 32.9 Å². The molecule has 19 heavy (non-hydrogen) atoms. The summed E-state index contributed by atoms with van der Waals surface area (Å²) in [6, 6.07) is 0. The summed E-state index contributed by atoms with van der Waals surface area (Å²) < 4.78 is 0. The van der Waals surface area contributed by atoms with Crippen molar-refractivity contribution in [2.45, 2.75) is 33.2 Å². The van der Waals surface area contributed by atoms with Crippen LogP contribution in [0.1, 0.15) is 27.7 Å². The molecule has 3 rings (SSSR count). The largest absolute Gasteiger partial charge is 0.297 e. The molecule has 2 aromatic heterocycles. The molecule has 0 atom stereocenters. The number of aromatic nitrogens is 3. The topological polar surface area (TPSA) is 41.9 Å². The van der Waals surface area contributed by atoms with Crippen LogP contribution in [-0.2, 0) is 19.4 Å². The second-order valence-electron chi connectivity index (χ2n) is 5.02. The van der Waals surface area contributed by atoms with Crippen molar-refractivity contribution in [3.05, 3.63) is 39.4 Å². The second-order valence-corrected chi connectivity index (χ2v) is 6.08. The Hall–Kier alpha value is -1.33. The maximum Gasteiger partial charge on any atom is 0.115 e. The van der Waals surface area contributed by atoms with E-state index >= 15 is 0 Å². The minimum absolute atomic E-state index is 0.949. The van der Waals surface area contributed by atoms with Crippen molar-refractivity contribution in [3.8, 4) is 0 Å². The van der Waals surface area contributed by atoms with Gasteiger partial charge >= 0.3 is 0 Å². The monoisotopic (exact) mass is 274 g/mol. The molecule has 2 aromatic rings. The highest BCUT2D eigenvalue weighted by molar-refractivity contribution is 7.09. The smallest absolute Gasteiger partial charge is 0.115 e. The Kier molecular flexibility index (Phi) is 3.57. The number of fused-ring (bicyclic) bond motifs is 1. The van der Waals surface area contributed by atoms with E-state index < -0.39 is 0 Å². The molecule has 0 amide bonds. The van der Waals surface area contributed by atoms with E-state index in [2.05, 4.69) is 39.1 Å². The molecule has 0 fully saturated rings. The molecule has 0 aliphatic carbocycles. The Bertz CT molecular complexity index is 579. The molecule has 0 saturated heterocycles. The summed E-state index contributed by atoms with van der Waals surface area (Å²) in [5.74, 6) is 0. The molecule has 1 aliphatic heterocycles. The predicted octanol–water partition coefficient (Wildman–Crippen LogP) is 2.15. The highest BCUT2D eigenvalue weighted by Crippen LogP contribution is 2.18. The van der Waals surface area contributed by atoms with Crippen LogP contribution in [0.15, 0.2) is 11.7 Å². The summed E-state index contributed by atoms with van der Waals surface area (Å²) in [5, 5.41) is 3.31. The Morgan fingerprint density at radius 2 is 2.05 bits per heavy atom. The summed E-state index contributed by atoms with van der Waals surface area (Å²) in [6.07, 6.45) is 3.75. The molecule has 1 aliphatic rings. The zero-order chi connectivity index (χ0) is 13.2. The molecule has 4 nitrogen and oxygen atoms in total. The van der Waals surface area contributed by atoms with Crippen molar-refractivity contribution >= 4 is 11.3 Å². The number of hydrogen-bond acceptors (Lipinski definition) is 5. The third kappa shape index (κ3) is 2.82. The summed E-state index contributed by atoms with van der Waals surface area (Å²) in [7, 11) is 0. The van der Waals surface area contributed by atoms with Gasteiger partial charge in [-0.25, -0.2) is 15.0 Å². The lowest BCUT2D eigenvalue weighted by atomic mass is 10.1. The summed E-state index contributed by atoms with van der Waals surface area (Å²) in [5.41, 5.74) is 4.90. The van der Waals surface area contributed by atoms with E-state index in [1.54, 1.807) is 17.7 Å². The molecule has 3 heterocycles. The van der Waals surface area contributed by atoms with Gasteiger partial charge in [0.2, 0.25) is 0 Å². The van der Waals surface area contributed by atoms with E-state index in [1.807, 2.05) is 0 Å². The van der Waals surface area contributed by atoms with Crippen LogP contribution in [0.3, 0.4) is 0 Å². The zero-order valence-electron chi connectivity index (χ0n) is 11.4. The maximum absolute atomic E-state index is 4.55. The molecular formula is C14H18N4S. The van der Waals surface area contributed by atoms with E-state index in [-0.39, 0.29) is 0 Å². The quantitative estimate of drug-likeness (QED) is 0.841. The van der Waals surface area contributed by atoms with Gasteiger partial charge in [-0.1, -0.05) is 0 Å². The first-order valence-corrected chi connectivity index (χ1v) is 7.53. The highest BCUT2D eigenvalue weighted by Gasteiger charge is 2.17. The van der Waals surface area contributed by atoms with Crippen molar-refractivity contribution in [1.29, 1.82) is 0 Å². The number of thiazole rings is 1. The van der Waals surface area contributed by atoms with E-state index in [9.17, 15) is 0 Å². The number of aryl methyl sites for hydroxylation is 2. The summed E-state index contributed by atoms with van der Waals surface area (Å²) in [6.45, 7) is 7.22. The lowest BCUT2D eigenvalue weighted by molar-refractivity contribution is 0.276. The van der Waals surface area contributed by atoms with E-state index in [0.29, 0.717) is 0 Å². The maximum atomic E-state index is 4.55. The molecule has 0 saturated carbocycles. The van der Waals surface area contributed by atoms with Gasteiger partial charge in [0.25, 0.3) is 0 Å². The van der Waals surface area contributed by atoms with Gasteiger partial charge in [0, 0.05) is 42.8 Å². The van der Waals surface area contributed by atoms with Crippen LogP contribution >= 0.6 is 11.3 Å². The van der Waals surface area contributed by atoms with Crippen molar-refractivity contribution < 1.29 is 0 Å². The zero-order valence-corrected chi connectivity index (χ0v) is 12.2.